The van der Waals surface area contributed by atoms with E-state index in [9.17, 15) is 4.79 Å². The predicted molar refractivity (Wildman–Crippen MR) is 56.0 cm³/mol. The molecule has 3 nitrogen and oxygen atoms in total. The number of nitrogens with two attached hydrogens (primary N) is 1. The first-order chi connectivity index (χ1) is 5.49. The molecule has 2 atom stereocenters. The van der Waals surface area contributed by atoms with Crippen molar-refractivity contribution < 1.29 is 9.90 Å². The molecule has 0 fully saturated rings. The van der Waals surface area contributed by atoms with Gasteiger partial charge in [0.2, 0.25) is 0 Å². The molecule has 0 heterocycles. The molecular weight excluding hydrogens is 190 g/mol. The van der Waals surface area contributed by atoms with Crippen molar-refractivity contribution in [3.05, 3.63) is 0 Å². The van der Waals surface area contributed by atoms with E-state index in [-0.39, 0.29) is 24.2 Å². The Balaban J connectivity index is 0. The van der Waals surface area contributed by atoms with Gasteiger partial charge in [-0.2, -0.15) is 0 Å². The molecule has 4 heteroatoms. The molecule has 0 aliphatic heterocycles. The molecule has 0 saturated carbocycles. The van der Waals surface area contributed by atoms with E-state index in [2.05, 4.69) is 13.8 Å². The van der Waals surface area contributed by atoms with Crippen molar-refractivity contribution >= 4 is 18.4 Å². The Hall–Kier alpha value is -0.280. The summed E-state index contributed by atoms with van der Waals surface area (Å²) in [5.41, 5.74) is 5.50. The van der Waals surface area contributed by atoms with Gasteiger partial charge in [-0.25, -0.2) is 0 Å². The lowest BCUT2D eigenvalue weighted by atomic mass is 9.87. The second-order valence-electron chi connectivity index (χ2n) is 3.75. The number of aliphatic carboxylic acids is 1. The normalized spacial score (nSPS) is 14.8. The second kappa shape index (κ2) is 7.15. The van der Waals surface area contributed by atoms with Crippen molar-refractivity contribution in [3.8, 4) is 0 Å². The summed E-state index contributed by atoms with van der Waals surface area (Å²) in [6, 6.07) is 0. The summed E-state index contributed by atoms with van der Waals surface area (Å²) in [6.07, 6.45) is 0.893. The molecule has 0 aliphatic carbocycles. The third-order valence-electron chi connectivity index (χ3n) is 2.17. The molecule has 0 aromatic carbocycles. The van der Waals surface area contributed by atoms with Crippen LogP contribution in [-0.4, -0.2) is 17.6 Å². The largest absolute Gasteiger partial charge is 0.481 e. The van der Waals surface area contributed by atoms with Gasteiger partial charge in [0.05, 0.1) is 5.92 Å². The molecular formula is C9H20ClNO2. The van der Waals surface area contributed by atoms with Crippen LogP contribution >= 0.6 is 12.4 Å². The third kappa shape index (κ3) is 5.88. The van der Waals surface area contributed by atoms with Gasteiger partial charge >= 0.3 is 5.97 Å². The van der Waals surface area contributed by atoms with E-state index in [1.54, 1.807) is 6.92 Å². The van der Waals surface area contributed by atoms with Crippen LogP contribution in [0.25, 0.3) is 0 Å². The molecule has 0 aromatic heterocycles. The summed E-state index contributed by atoms with van der Waals surface area (Å²) in [6.45, 7) is 6.35. The Morgan fingerprint density at radius 3 is 2.08 bits per heavy atom. The van der Waals surface area contributed by atoms with Gasteiger partial charge in [-0.3, -0.25) is 4.79 Å². The summed E-state index contributed by atoms with van der Waals surface area (Å²) in [5, 5.41) is 8.74. The number of carboxylic acids is 1. The van der Waals surface area contributed by atoms with E-state index in [0.717, 1.165) is 6.42 Å². The van der Waals surface area contributed by atoms with Crippen LogP contribution in [0.5, 0.6) is 0 Å². The van der Waals surface area contributed by atoms with E-state index in [1.165, 1.54) is 0 Å². The van der Waals surface area contributed by atoms with Gasteiger partial charge in [-0.05, 0) is 24.8 Å². The minimum atomic E-state index is -0.744. The topological polar surface area (TPSA) is 63.3 Å². The monoisotopic (exact) mass is 209 g/mol. The maximum atomic E-state index is 10.6. The van der Waals surface area contributed by atoms with Gasteiger partial charge in [0.25, 0.3) is 0 Å². The zero-order chi connectivity index (χ0) is 9.72. The van der Waals surface area contributed by atoms with Gasteiger partial charge in [0, 0.05) is 0 Å². The fourth-order valence-electron chi connectivity index (χ4n) is 1.31. The molecule has 0 saturated heterocycles. The number of hydrogen-bond acceptors (Lipinski definition) is 2. The predicted octanol–water partition coefficient (Wildman–Crippen LogP) is 1.75. The molecule has 13 heavy (non-hydrogen) atoms. The Kier molecular flexibility index (Phi) is 8.37. The summed E-state index contributed by atoms with van der Waals surface area (Å²) in [7, 11) is 0. The molecule has 0 bridgehead atoms. The van der Waals surface area contributed by atoms with Crippen molar-refractivity contribution in [2.24, 2.45) is 23.5 Å². The van der Waals surface area contributed by atoms with E-state index in [4.69, 9.17) is 10.8 Å². The SMILES string of the molecule is CC(C)C[C@H](CN)[C@H](C)C(=O)O.Cl. The van der Waals surface area contributed by atoms with Gasteiger partial charge < -0.3 is 10.8 Å². The molecule has 0 spiro atoms. The van der Waals surface area contributed by atoms with Crippen LogP contribution in [0.4, 0.5) is 0 Å². The van der Waals surface area contributed by atoms with Crippen molar-refractivity contribution in [1.82, 2.24) is 0 Å². The highest BCUT2D eigenvalue weighted by atomic mass is 35.5. The molecule has 80 valence electrons. The summed E-state index contributed by atoms with van der Waals surface area (Å²) in [5.74, 6) is -0.439. The zero-order valence-corrected chi connectivity index (χ0v) is 9.30. The minimum absolute atomic E-state index is 0. The van der Waals surface area contributed by atoms with Crippen molar-refractivity contribution in [2.75, 3.05) is 6.54 Å². The lowest BCUT2D eigenvalue weighted by Gasteiger charge is -2.20. The molecule has 0 radical (unpaired) electrons. The van der Waals surface area contributed by atoms with Crippen LogP contribution in [0.3, 0.4) is 0 Å². The number of halogens is 1. The van der Waals surface area contributed by atoms with E-state index in [1.807, 2.05) is 0 Å². The Labute approximate surface area is 86.1 Å². The van der Waals surface area contributed by atoms with Gasteiger partial charge in [-0.15, -0.1) is 12.4 Å². The Morgan fingerprint density at radius 2 is 1.85 bits per heavy atom. The van der Waals surface area contributed by atoms with E-state index < -0.39 is 5.97 Å². The molecule has 0 rings (SSSR count). The Bertz CT molecular complexity index is 151. The van der Waals surface area contributed by atoms with Crippen LogP contribution in [0.1, 0.15) is 27.2 Å². The Morgan fingerprint density at radius 1 is 1.38 bits per heavy atom. The van der Waals surface area contributed by atoms with Gasteiger partial charge in [0.15, 0.2) is 0 Å². The zero-order valence-electron chi connectivity index (χ0n) is 8.49. The van der Waals surface area contributed by atoms with Crippen LogP contribution < -0.4 is 5.73 Å². The maximum Gasteiger partial charge on any atom is 0.306 e. The number of rotatable bonds is 5. The van der Waals surface area contributed by atoms with Crippen molar-refractivity contribution in [1.29, 1.82) is 0 Å². The highest BCUT2D eigenvalue weighted by molar-refractivity contribution is 5.85. The van der Waals surface area contributed by atoms with Crippen molar-refractivity contribution in [3.63, 3.8) is 0 Å². The van der Waals surface area contributed by atoms with E-state index >= 15 is 0 Å². The first-order valence-electron chi connectivity index (χ1n) is 4.41. The van der Waals surface area contributed by atoms with Gasteiger partial charge in [0.1, 0.15) is 0 Å². The lowest BCUT2D eigenvalue weighted by molar-refractivity contribution is -0.143. The minimum Gasteiger partial charge on any atom is -0.481 e. The smallest absolute Gasteiger partial charge is 0.306 e. The molecule has 0 aromatic rings. The first-order valence-corrected chi connectivity index (χ1v) is 4.41. The quantitative estimate of drug-likeness (QED) is 0.725. The highest BCUT2D eigenvalue weighted by Crippen LogP contribution is 2.19. The fourth-order valence-corrected chi connectivity index (χ4v) is 1.31. The van der Waals surface area contributed by atoms with Crippen LogP contribution in [0, 0.1) is 17.8 Å². The second-order valence-corrected chi connectivity index (χ2v) is 3.75. The number of hydrogen-bond donors (Lipinski definition) is 2. The average molecular weight is 210 g/mol. The average Bonchev–Trinajstić information content (AvgIpc) is 1.98. The van der Waals surface area contributed by atoms with Crippen LogP contribution in [0.15, 0.2) is 0 Å². The lowest BCUT2D eigenvalue weighted by Crippen LogP contribution is -2.28. The maximum absolute atomic E-state index is 10.6. The number of carboxylic acid groups (broad SMARTS) is 1. The van der Waals surface area contributed by atoms with Crippen LogP contribution in [-0.2, 0) is 4.79 Å². The number of carbonyl (C=O) groups is 1. The standard InChI is InChI=1S/C9H19NO2.ClH/c1-6(2)4-8(5-10)7(3)9(11)12;/h6-8H,4-5,10H2,1-3H3,(H,11,12);1H/t7-,8+;/m0./s1. The summed E-state index contributed by atoms with van der Waals surface area (Å²) < 4.78 is 0. The molecule has 0 aliphatic rings. The first kappa shape index (κ1) is 15.2. The van der Waals surface area contributed by atoms with E-state index in [0.29, 0.717) is 12.5 Å². The molecule has 3 N–H and O–H groups in total. The molecule has 0 unspecified atom stereocenters. The fraction of sp³-hybridized carbons (Fsp3) is 0.889. The summed E-state index contributed by atoms with van der Waals surface area (Å²) >= 11 is 0. The van der Waals surface area contributed by atoms with Gasteiger partial charge in [-0.1, -0.05) is 20.8 Å². The van der Waals surface area contributed by atoms with Crippen molar-refractivity contribution in [2.45, 2.75) is 27.2 Å². The molecule has 0 amide bonds. The van der Waals surface area contributed by atoms with Crippen LogP contribution in [0.2, 0.25) is 0 Å². The highest BCUT2D eigenvalue weighted by Gasteiger charge is 2.22. The third-order valence-corrected chi connectivity index (χ3v) is 2.17. The summed E-state index contributed by atoms with van der Waals surface area (Å²) in [4.78, 5) is 10.6.